The highest BCUT2D eigenvalue weighted by molar-refractivity contribution is 7.89. The van der Waals surface area contributed by atoms with Crippen molar-refractivity contribution in [3.05, 3.63) is 54.1 Å². The summed E-state index contributed by atoms with van der Waals surface area (Å²) < 4.78 is 33.4. The smallest absolute Gasteiger partial charge is 0.412 e. The van der Waals surface area contributed by atoms with Crippen LogP contribution in [0.4, 0.5) is 4.79 Å². The number of carbonyl (C=O) groups is 1. The van der Waals surface area contributed by atoms with Crippen molar-refractivity contribution in [3.8, 4) is 11.5 Å². The first kappa shape index (κ1) is 18.8. The number of aryl methyl sites for hydroxylation is 1. The van der Waals surface area contributed by atoms with Gasteiger partial charge < -0.3 is 14.8 Å². The zero-order valence-electron chi connectivity index (χ0n) is 13.8. The van der Waals surface area contributed by atoms with E-state index in [4.69, 9.17) is 14.6 Å². The summed E-state index contributed by atoms with van der Waals surface area (Å²) in [7, 11) is -3.75. The van der Waals surface area contributed by atoms with Crippen molar-refractivity contribution in [1.82, 2.24) is 5.32 Å². The minimum Gasteiger partial charge on any atom is -0.491 e. The van der Waals surface area contributed by atoms with Crippen LogP contribution in [0.25, 0.3) is 0 Å². The van der Waals surface area contributed by atoms with Crippen LogP contribution in [0.3, 0.4) is 0 Å². The Hall–Kier alpha value is -2.58. The molecule has 0 saturated heterocycles. The zero-order valence-corrected chi connectivity index (χ0v) is 14.6. The molecule has 0 saturated carbocycles. The molecule has 1 amide bonds. The molecule has 0 aliphatic carbocycles. The van der Waals surface area contributed by atoms with E-state index in [-0.39, 0.29) is 18.0 Å². The minimum absolute atomic E-state index is 0.0428. The first-order chi connectivity index (χ1) is 11.9. The summed E-state index contributed by atoms with van der Waals surface area (Å²) >= 11 is 0. The Kier molecular flexibility index (Phi) is 6.37. The first-order valence-electron chi connectivity index (χ1n) is 7.69. The van der Waals surface area contributed by atoms with E-state index in [0.717, 1.165) is 5.56 Å². The van der Waals surface area contributed by atoms with Crippen molar-refractivity contribution in [1.29, 1.82) is 0 Å². The second-order valence-electron chi connectivity index (χ2n) is 5.15. The Morgan fingerprint density at radius 3 is 2.52 bits per heavy atom. The van der Waals surface area contributed by atoms with E-state index in [2.05, 4.69) is 5.32 Å². The number of nitrogens with two attached hydrogens (primary N) is 1. The van der Waals surface area contributed by atoms with Gasteiger partial charge in [0.15, 0.2) is 0 Å². The molecular formula is C17H20N2O5S. The number of primary sulfonamides is 1. The molecule has 134 valence electrons. The molecule has 0 aliphatic heterocycles. The fourth-order valence-electron chi connectivity index (χ4n) is 2.10. The fraction of sp³-hybridized carbons (Fsp3) is 0.235. The normalized spacial score (nSPS) is 11.0. The molecule has 7 nitrogen and oxygen atoms in total. The standard InChI is InChI=1S/C17H20N2O5S/c1-2-13-12-15(25(18,21)22)8-9-16(13)23-11-10-19-17(20)24-14-6-4-3-5-7-14/h3-9,12H,2,10-11H2,1H3,(H,19,20)(H2,18,21,22). The SMILES string of the molecule is CCc1cc(S(N)(=O)=O)ccc1OCCNC(=O)Oc1ccccc1. The van der Waals surface area contributed by atoms with Crippen LogP contribution in [0.5, 0.6) is 11.5 Å². The van der Waals surface area contributed by atoms with E-state index in [9.17, 15) is 13.2 Å². The number of hydrogen-bond acceptors (Lipinski definition) is 5. The maximum Gasteiger partial charge on any atom is 0.412 e. The van der Waals surface area contributed by atoms with Crippen LogP contribution in [-0.2, 0) is 16.4 Å². The van der Waals surface area contributed by atoms with Crippen LogP contribution < -0.4 is 19.9 Å². The predicted octanol–water partition coefficient (Wildman–Crippen LogP) is 2.06. The number of para-hydroxylation sites is 1. The molecule has 3 N–H and O–H groups in total. The summed E-state index contributed by atoms with van der Waals surface area (Å²) in [5, 5.41) is 7.69. The van der Waals surface area contributed by atoms with Gasteiger partial charge in [0.2, 0.25) is 10.0 Å². The van der Waals surface area contributed by atoms with Crippen molar-refractivity contribution in [2.75, 3.05) is 13.2 Å². The molecule has 25 heavy (non-hydrogen) atoms. The number of ether oxygens (including phenoxy) is 2. The molecule has 2 aromatic carbocycles. The van der Waals surface area contributed by atoms with Crippen molar-refractivity contribution < 1.29 is 22.7 Å². The third-order valence-corrected chi connectivity index (χ3v) is 4.24. The molecule has 8 heteroatoms. The monoisotopic (exact) mass is 364 g/mol. The van der Waals surface area contributed by atoms with E-state index < -0.39 is 16.1 Å². The second-order valence-corrected chi connectivity index (χ2v) is 6.71. The molecule has 0 aliphatic rings. The predicted molar refractivity (Wildman–Crippen MR) is 93.2 cm³/mol. The van der Waals surface area contributed by atoms with Gasteiger partial charge in [0.05, 0.1) is 11.4 Å². The zero-order chi connectivity index (χ0) is 18.3. The van der Waals surface area contributed by atoms with Crippen LogP contribution in [0.1, 0.15) is 12.5 Å². The summed E-state index contributed by atoms with van der Waals surface area (Å²) in [4.78, 5) is 11.7. The molecule has 0 heterocycles. The van der Waals surface area contributed by atoms with Crippen LogP contribution in [0, 0.1) is 0 Å². The van der Waals surface area contributed by atoms with Gasteiger partial charge in [0, 0.05) is 0 Å². The Bertz CT molecular complexity index is 822. The Morgan fingerprint density at radius 1 is 1.16 bits per heavy atom. The maximum atomic E-state index is 11.6. The largest absolute Gasteiger partial charge is 0.491 e. The highest BCUT2D eigenvalue weighted by atomic mass is 32.2. The summed E-state index contributed by atoms with van der Waals surface area (Å²) in [5.41, 5.74) is 0.721. The molecule has 2 aromatic rings. The lowest BCUT2D eigenvalue weighted by molar-refractivity contribution is 0.197. The molecule has 0 spiro atoms. The summed E-state index contributed by atoms with van der Waals surface area (Å²) in [5.74, 6) is 1.00. The van der Waals surface area contributed by atoms with Gasteiger partial charge in [-0.15, -0.1) is 0 Å². The van der Waals surface area contributed by atoms with Gasteiger partial charge in [-0.3, -0.25) is 0 Å². The number of amides is 1. The molecular weight excluding hydrogens is 344 g/mol. The molecule has 0 atom stereocenters. The third kappa shape index (κ3) is 5.77. The van der Waals surface area contributed by atoms with Gasteiger partial charge in [0.1, 0.15) is 18.1 Å². The summed E-state index contributed by atoms with van der Waals surface area (Å²) in [6.07, 6.45) is 0.0115. The molecule has 0 radical (unpaired) electrons. The van der Waals surface area contributed by atoms with Crippen molar-refractivity contribution in [2.24, 2.45) is 5.14 Å². The average Bonchev–Trinajstić information content (AvgIpc) is 2.58. The number of hydrogen-bond donors (Lipinski definition) is 2. The average molecular weight is 364 g/mol. The lowest BCUT2D eigenvalue weighted by atomic mass is 10.1. The van der Waals surface area contributed by atoms with Gasteiger partial charge in [-0.05, 0) is 42.3 Å². The van der Waals surface area contributed by atoms with Crippen molar-refractivity contribution in [2.45, 2.75) is 18.2 Å². The second kappa shape index (κ2) is 8.50. The molecule has 0 fully saturated rings. The molecule has 0 unspecified atom stereocenters. The Labute approximate surface area is 146 Å². The first-order valence-corrected chi connectivity index (χ1v) is 9.24. The van der Waals surface area contributed by atoms with Gasteiger partial charge in [-0.2, -0.15) is 0 Å². The van der Waals surface area contributed by atoms with Crippen LogP contribution in [-0.4, -0.2) is 27.7 Å². The third-order valence-electron chi connectivity index (χ3n) is 3.32. The van der Waals surface area contributed by atoms with Crippen molar-refractivity contribution in [3.63, 3.8) is 0 Å². The van der Waals surface area contributed by atoms with E-state index in [1.54, 1.807) is 30.3 Å². The fourth-order valence-corrected chi connectivity index (χ4v) is 2.66. The number of rotatable bonds is 7. The lowest BCUT2D eigenvalue weighted by Crippen LogP contribution is -2.30. The van der Waals surface area contributed by atoms with Gasteiger partial charge >= 0.3 is 6.09 Å². The number of sulfonamides is 1. The highest BCUT2D eigenvalue weighted by Crippen LogP contribution is 2.22. The van der Waals surface area contributed by atoms with Crippen molar-refractivity contribution >= 4 is 16.1 Å². The van der Waals surface area contributed by atoms with E-state index in [1.807, 2.05) is 13.0 Å². The van der Waals surface area contributed by atoms with E-state index in [0.29, 0.717) is 17.9 Å². The van der Waals surface area contributed by atoms with Crippen LogP contribution >= 0.6 is 0 Å². The van der Waals surface area contributed by atoms with Crippen LogP contribution in [0.2, 0.25) is 0 Å². The minimum atomic E-state index is -3.75. The summed E-state index contributed by atoms with van der Waals surface area (Å²) in [6.45, 7) is 2.34. The maximum absolute atomic E-state index is 11.6. The molecule has 2 rings (SSSR count). The quantitative estimate of drug-likeness (QED) is 0.731. The van der Waals surface area contributed by atoms with Gasteiger partial charge in [0.25, 0.3) is 0 Å². The topological polar surface area (TPSA) is 108 Å². The lowest BCUT2D eigenvalue weighted by Gasteiger charge is -2.12. The number of benzene rings is 2. The summed E-state index contributed by atoms with van der Waals surface area (Å²) in [6, 6.07) is 13.1. The Balaban J connectivity index is 1.84. The van der Waals surface area contributed by atoms with Gasteiger partial charge in [-0.1, -0.05) is 25.1 Å². The Morgan fingerprint density at radius 2 is 1.88 bits per heavy atom. The number of nitrogens with one attached hydrogen (secondary N) is 1. The molecule has 0 bridgehead atoms. The van der Waals surface area contributed by atoms with Gasteiger partial charge in [-0.25, -0.2) is 18.4 Å². The highest BCUT2D eigenvalue weighted by Gasteiger charge is 2.11. The van der Waals surface area contributed by atoms with E-state index >= 15 is 0 Å². The van der Waals surface area contributed by atoms with E-state index in [1.165, 1.54) is 12.1 Å². The molecule has 0 aromatic heterocycles. The van der Waals surface area contributed by atoms with Crippen LogP contribution in [0.15, 0.2) is 53.4 Å². The number of carbonyl (C=O) groups excluding carboxylic acids is 1.